The Bertz CT molecular complexity index is 681. The summed E-state index contributed by atoms with van der Waals surface area (Å²) in [5, 5.41) is 1.64. The number of aromatic nitrogens is 1. The van der Waals surface area contributed by atoms with Gasteiger partial charge in [-0.1, -0.05) is 57.6 Å². The maximum Gasteiger partial charge on any atom is 0.279 e. The molecule has 0 atom stereocenters. The van der Waals surface area contributed by atoms with Crippen LogP contribution in [0.3, 0.4) is 0 Å². The van der Waals surface area contributed by atoms with E-state index in [0.717, 1.165) is 23.0 Å². The van der Waals surface area contributed by atoms with Gasteiger partial charge in [-0.3, -0.25) is 0 Å². The van der Waals surface area contributed by atoms with Crippen LogP contribution in [0.25, 0.3) is 10.2 Å². The Kier molecular flexibility index (Phi) is 3.80. The van der Waals surface area contributed by atoms with Crippen molar-refractivity contribution in [1.82, 2.24) is 4.98 Å². The van der Waals surface area contributed by atoms with Crippen LogP contribution in [0.4, 0.5) is 0 Å². The van der Waals surface area contributed by atoms with Crippen LogP contribution >= 0.6 is 27.3 Å². The summed E-state index contributed by atoms with van der Waals surface area (Å²) in [5.74, 6) is 0.823. The second-order valence-corrected chi connectivity index (χ2v) is 5.88. The van der Waals surface area contributed by atoms with E-state index in [1.54, 1.807) is 11.3 Å². The molecule has 0 aliphatic rings. The number of rotatable bonds is 4. The first-order valence-electron chi connectivity index (χ1n) is 6.04. The second kappa shape index (κ2) is 5.72. The van der Waals surface area contributed by atoms with Crippen molar-refractivity contribution in [3.8, 4) is 10.9 Å². The molecule has 4 heteroatoms. The number of nitrogens with zero attached hydrogens (tertiary/aromatic N) is 1. The molecule has 3 aromatic rings. The average Bonchev–Trinajstić information content (AvgIpc) is 2.84. The molecule has 0 bridgehead atoms. The molecule has 1 heterocycles. The van der Waals surface area contributed by atoms with Gasteiger partial charge in [0.25, 0.3) is 5.19 Å². The fourth-order valence-electron chi connectivity index (χ4n) is 1.92. The summed E-state index contributed by atoms with van der Waals surface area (Å²) >= 11 is 5.06. The van der Waals surface area contributed by atoms with E-state index in [-0.39, 0.29) is 0 Å². The minimum absolute atomic E-state index is 0.697. The zero-order chi connectivity index (χ0) is 13.1. The first-order valence-corrected chi connectivity index (χ1v) is 7.98. The van der Waals surface area contributed by atoms with E-state index in [0.29, 0.717) is 5.19 Å². The van der Waals surface area contributed by atoms with E-state index in [9.17, 15) is 0 Å². The van der Waals surface area contributed by atoms with Gasteiger partial charge in [0.2, 0.25) is 0 Å². The van der Waals surface area contributed by atoms with Crippen LogP contribution in [0.1, 0.15) is 5.56 Å². The first-order chi connectivity index (χ1) is 9.36. The third-order valence-corrected chi connectivity index (χ3v) is 4.09. The highest BCUT2D eigenvalue weighted by molar-refractivity contribution is 9.09. The van der Waals surface area contributed by atoms with Crippen LogP contribution in [0.15, 0.2) is 48.5 Å². The summed E-state index contributed by atoms with van der Waals surface area (Å²) in [4.78, 5) is 4.60. The van der Waals surface area contributed by atoms with Gasteiger partial charge in [0.1, 0.15) is 5.75 Å². The number of fused-ring (bicyclic) bond motifs is 1. The molecule has 2 aromatic carbocycles. The third-order valence-electron chi connectivity index (χ3n) is 2.80. The Morgan fingerprint density at radius 2 is 1.89 bits per heavy atom. The lowest BCUT2D eigenvalue weighted by molar-refractivity contribution is 0.480. The van der Waals surface area contributed by atoms with Crippen LogP contribution in [0, 0.1) is 0 Å². The number of benzene rings is 2. The van der Waals surface area contributed by atoms with E-state index in [4.69, 9.17) is 4.74 Å². The normalized spacial score (nSPS) is 10.8. The van der Waals surface area contributed by atoms with Crippen molar-refractivity contribution < 1.29 is 4.74 Å². The van der Waals surface area contributed by atoms with Crippen molar-refractivity contribution in [2.45, 2.75) is 6.42 Å². The van der Waals surface area contributed by atoms with Gasteiger partial charge in [0, 0.05) is 5.33 Å². The van der Waals surface area contributed by atoms with E-state index < -0.39 is 0 Å². The lowest BCUT2D eigenvalue weighted by Crippen LogP contribution is -1.87. The smallest absolute Gasteiger partial charge is 0.279 e. The highest BCUT2D eigenvalue weighted by Crippen LogP contribution is 2.32. The fourth-order valence-corrected chi connectivity index (χ4v) is 3.23. The second-order valence-electron chi connectivity index (χ2n) is 4.10. The minimum Gasteiger partial charge on any atom is -0.431 e. The molecule has 96 valence electrons. The highest BCUT2D eigenvalue weighted by atomic mass is 79.9. The maximum absolute atomic E-state index is 5.79. The number of thiazole rings is 1. The first kappa shape index (κ1) is 12.6. The predicted molar refractivity (Wildman–Crippen MR) is 83.6 cm³/mol. The molecule has 3 rings (SSSR count). The summed E-state index contributed by atoms with van der Waals surface area (Å²) in [6.07, 6.45) is 0.978. The van der Waals surface area contributed by atoms with E-state index in [2.05, 4.69) is 39.1 Å². The molecule has 0 N–H and O–H groups in total. The van der Waals surface area contributed by atoms with Crippen LogP contribution < -0.4 is 4.74 Å². The fraction of sp³-hybridized carbons (Fsp3) is 0.133. The molecule has 0 saturated carbocycles. The van der Waals surface area contributed by atoms with Crippen molar-refractivity contribution in [1.29, 1.82) is 0 Å². The molecular weight excluding hydrogens is 322 g/mol. The number of aryl methyl sites for hydroxylation is 1. The molecule has 0 amide bonds. The Labute approximate surface area is 124 Å². The van der Waals surface area contributed by atoms with Gasteiger partial charge in [-0.05, 0) is 30.2 Å². The van der Waals surface area contributed by atoms with Crippen molar-refractivity contribution in [2.24, 2.45) is 0 Å². The summed E-state index contributed by atoms with van der Waals surface area (Å²) < 4.78 is 6.96. The number of hydrogen-bond donors (Lipinski definition) is 0. The highest BCUT2D eigenvalue weighted by Gasteiger charge is 2.09. The van der Waals surface area contributed by atoms with E-state index >= 15 is 0 Å². The molecule has 0 spiro atoms. The van der Waals surface area contributed by atoms with Crippen molar-refractivity contribution in [2.75, 3.05) is 5.33 Å². The molecule has 1 aromatic heterocycles. The molecule has 2 nitrogen and oxygen atoms in total. The predicted octanol–water partition coefficient (Wildman–Crippen LogP) is 5.03. The summed E-state index contributed by atoms with van der Waals surface area (Å²) in [6, 6.07) is 16.0. The van der Waals surface area contributed by atoms with Gasteiger partial charge in [0.05, 0.1) is 10.2 Å². The minimum atomic E-state index is 0.697. The number of alkyl halides is 1. The standard InChI is InChI=1S/C15H12BrNOS/c16-10-9-11-5-4-8-13-14(11)17-15(19-13)18-12-6-2-1-3-7-12/h1-8H,9-10H2. The molecule has 0 aliphatic carbocycles. The Balaban J connectivity index is 1.95. The zero-order valence-electron chi connectivity index (χ0n) is 10.2. The average molecular weight is 334 g/mol. The number of para-hydroxylation sites is 2. The molecule has 0 fully saturated rings. The molecule has 0 aliphatic heterocycles. The topological polar surface area (TPSA) is 22.1 Å². The Morgan fingerprint density at radius 3 is 2.68 bits per heavy atom. The summed E-state index contributed by atoms with van der Waals surface area (Å²) in [7, 11) is 0. The van der Waals surface area contributed by atoms with E-state index in [1.807, 2.05) is 30.3 Å². The molecule has 0 radical (unpaired) electrons. The number of hydrogen-bond acceptors (Lipinski definition) is 3. The third kappa shape index (κ3) is 2.80. The largest absolute Gasteiger partial charge is 0.431 e. The maximum atomic E-state index is 5.79. The quantitative estimate of drug-likeness (QED) is 0.625. The number of halogens is 1. The SMILES string of the molecule is BrCCc1cccc2sc(Oc3ccccc3)nc12. The summed E-state index contributed by atoms with van der Waals surface area (Å²) in [6.45, 7) is 0. The molecule has 0 saturated heterocycles. The van der Waals surface area contributed by atoms with Gasteiger partial charge in [0.15, 0.2) is 0 Å². The monoisotopic (exact) mass is 333 g/mol. The van der Waals surface area contributed by atoms with Crippen LogP contribution in [0.5, 0.6) is 10.9 Å². The van der Waals surface area contributed by atoms with Crippen molar-refractivity contribution in [3.63, 3.8) is 0 Å². The Hall–Kier alpha value is -1.39. The van der Waals surface area contributed by atoms with Crippen molar-refractivity contribution >= 4 is 37.5 Å². The molecular formula is C15H12BrNOS. The Morgan fingerprint density at radius 1 is 1.05 bits per heavy atom. The molecule has 19 heavy (non-hydrogen) atoms. The van der Waals surface area contributed by atoms with Gasteiger partial charge >= 0.3 is 0 Å². The van der Waals surface area contributed by atoms with E-state index in [1.165, 1.54) is 10.3 Å². The lowest BCUT2D eigenvalue weighted by Gasteiger charge is -1.99. The van der Waals surface area contributed by atoms with Gasteiger partial charge in [-0.2, -0.15) is 0 Å². The van der Waals surface area contributed by atoms with Gasteiger partial charge < -0.3 is 4.74 Å². The zero-order valence-corrected chi connectivity index (χ0v) is 12.6. The van der Waals surface area contributed by atoms with Gasteiger partial charge in [-0.15, -0.1) is 0 Å². The van der Waals surface area contributed by atoms with Crippen LogP contribution in [0.2, 0.25) is 0 Å². The van der Waals surface area contributed by atoms with Crippen molar-refractivity contribution in [3.05, 3.63) is 54.1 Å². The lowest BCUT2D eigenvalue weighted by atomic mass is 10.1. The number of ether oxygens (including phenoxy) is 1. The van der Waals surface area contributed by atoms with Crippen LogP contribution in [-0.4, -0.2) is 10.3 Å². The summed E-state index contributed by atoms with van der Waals surface area (Å²) in [5.41, 5.74) is 2.31. The van der Waals surface area contributed by atoms with Gasteiger partial charge in [-0.25, -0.2) is 4.98 Å². The molecule has 0 unspecified atom stereocenters. The van der Waals surface area contributed by atoms with Crippen LogP contribution in [-0.2, 0) is 6.42 Å².